The van der Waals surface area contributed by atoms with Gasteiger partial charge < -0.3 is 0 Å². The molecule has 0 unspecified atom stereocenters. The Morgan fingerprint density at radius 3 is 2.56 bits per heavy atom. The summed E-state index contributed by atoms with van der Waals surface area (Å²) in [6, 6.07) is 8.99. The fourth-order valence-electron chi connectivity index (χ4n) is 2.86. The van der Waals surface area contributed by atoms with Gasteiger partial charge in [-0.3, -0.25) is 0 Å². The number of rotatable bonds is 3. The summed E-state index contributed by atoms with van der Waals surface area (Å²) in [5, 5.41) is 0. The molecule has 2 rings (SSSR count). The van der Waals surface area contributed by atoms with Crippen LogP contribution in [-0.2, 0) is 6.42 Å². The van der Waals surface area contributed by atoms with Crippen LogP contribution in [0.5, 0.6) is 0 Å². The fraction of sp³-hybridized carbons (Fsp3) is 0.625. The molecule has 0 heterocycles. The summed E-state index contributed by atoms with van der Waals surface area (Å²) < 4.78 is 0. The molecule has 0 N–H and O–H groups in total. The number of benzene rings is 1. The highest BCUT2D eigenvalue weighted by atomic mass is 14.2. The molecule has 1 aromatic carbocycles. The van der Waals surface area contributed by atoms with E-state index in [1.54, 1.807) is 0 Å². The molecule has 0 nitrogen and oxygen atoms in total. The molecule has 16 heavy (non-hydrogen) atoms. The van der Waals surface area contributed by atoms with Gasteiger partial charge in [0.05, 0.1) is 0 Å². The third-order valence-corrected chi connectivity index (χ3v) is 4.06. The van der Waals surface area contributed by atoms with E-state index >= 15 is 0 Å². The van der Waals surface area contributed by atoms with E-state index < -0.39 is 0 Å². The van der Waals surface area contributed by atoms with Gasteiger partial charge in [-0.15, -0.1) is 0 Å². The van der Waals surface area contributed by atoms with Crippen molar-refractivity contribution in [3.8, 4) is 0 Å². The highest BCUT2D eigenvalue weighted by Crippen LogP contribution is 2.31. The van der Waals surface area contributed by atoms with Crippen LogP contribution in [0.1, 0.15) is 50.2 Å². The highest BCUT2D eigenvalue weighted by Gasteiger charge is 2.17. The normalized spacial score (nSPS) is 25.6. The van der Waals surface area contributed by atoms with Gasteiger partial charge in [0, 0.05) is 0 Å². The Morgan fingerprint density at radius 1 is 1.12 bits per heavy atom. The Hall–Kier alpha value is -0.780. The minimum Gasteiger partial charge on any atom is -0.0625 e. The topological polar surface area (TPSA) is 0 Å². The van der Waals surface area contributed by atoms with Crippen LogP contribution in [0.2, 0.25) is 0 Å². The van der Waals surface area contributed by atoms with Crippen molar-refractivity contribution < 1.29 is 0 Å². The molecule has 88 valence electrons. The van der Waals surface area contributed by atoms with Crippen LogP contribution >= 0.6 is 0 Å². The second kappa shape index (κ2) is 5.52. The van der Waals surface area contributed by atoms with Crippen LogP contribution < -0.4 is 0 Å². The SMILES string of the molecule is Cc1cccc(CCC2CCC(C)CC2)c1. The van der Waals surface area contributed by atoms with Crippen molar-refractivity contribution in [3.05, 3.63) is 35.4 Å². The third kappa shape index (κ3) is 3.37. The Labute approximate surface area is 100 Å². The van der Waals surface area contributed by atoms with Gasteiger partial charge in [0.1, 0.15) is 0 Å². The Morgan fingerprint density at radius 2 is 1.88 bits per heavy atom. The summed E-state index contributed by atoms with van der Waals surface area (Å²) in [6.45, 7) is 4.59. The Balaban J connectivity index is 1.79. The van der Waals surface area contributed by atoms with E-state index in [0.29, 0.717) is 0 Å². The molecular weight excluding hydrogens is 192 g/mol. The quantitative estimate of drug-likeness (QED) is 0.683. The zero-order chi connectivity index (χ0) is 11.4. The second-order valence-corrected chi connectivity index (χ2v) is 5.65. The van der Waals surface area contributed by atoms with Gasteiger partial charge in [-0.2, -0.15) is 0 Å². The number of aryl methyl sites for hydroxylation is 2. The molecule has 1 aliphatic carbocycles. The van der Waals surface area contributed by atoms with Gasteiger partial charge in [-0.25, -0.2) is 0 Å². The Kier molecular flexibility index (Phi) is 4.04. The molecule has 0 aromatic heterocycles. The smallest absolute Gasteiger partial charge is 0.0276 e. The van der Waals surface area contributed by atoms with Crippen molar-refractivity contribution in [2.24, 2.45) is 11.8 Å². The predicted molar refractivity (Wildman–Crippen MR) is 70.6 cm³/mol. The number of hydrogen-bond acceptors (Lipinski definition) is 0. The first-order valence-electron chi connectivity index (χ1n) is 6.79. The first-order chi connectivity index (χ1) is 7.74. The molecule has 0 saturated heterocycles. The fourth-order valence-corrected chi connectivity index (χ4v) is 2.86. The first-order valence-corrected chi connectivity index (χ1v) is 6.79. The van der Waals surface area contributed by atoms with Crippen LogP contribution in [0.25, 0.3) is 0 Å². The van der Waals surface area contributed by atoms with Crippen molar-refractivity contribution in [2.45, 2.75) is 52.4 Å². The largest absolute Gasteiger partial charge is 0.0625 e. The van der Waals surface area contributed by atoms with Gasteiger partial charge >= 0.3 is 0 Å². The van der Waals surface area contributed by atoms with Gasteiger partial charge in [0.15, 0.2) is 0 Å². The minimum absolute atomic E-state index is 0.982. The van der Waals surface area contributed by atoms with Gasteiger partial charge in [-0.1, -0.05) is 62.4 Å². The minimum atomic E-state index is 0.982. The molecule has 0 atom stereocenters. The van der Waals surface area contributed by atoms with Crippen molar-refractivity contribution in [1.29, 1.82) is 0 Å². The zero-order valence-electron chi connectivity index (χ0n) is 10.7. The molecule has 0 radical (unpaired) electrons. The lowest BCUT2D eigenvalue weighted by Crippen LogP contribution is -2.12. The maximum Gasteiger partial charge on any atom is -0.0276 e. The first kappa shape index (κ1) is 11.7. The van der Waals surface area contributed by atoms with E-state index in [-0.39, 0.29) is 0 Å². The van der Waals surface area contributed by atoms with E-state index in [0.717, 1.165) is 11.8 Å². The molecule has 1 saturated carbocycles. The van der Waals surface area contributed by atoms with E-state index in [9.17, 15) is 0 Å². The summed E-state index contributed by atoms with van der Waals surface area (Å²) in [5.74, 6) is 1.98. The van der Waals surface area contributed by atoms with Crippen LogP contribution in [-0.4, -0.2) is 0 Å². The van der Waals surface area contributed by atoms with E-state index in [2.05, 4.69) is 38.1 Å². The van der Waals surface area contributed by atoms with Crippen molar-refractivity contribution in [2.75, 3.05) is 0 Å². The molecule has 0 aliphatic heterocycles. The standard InChI is InChI=1S/C16H24/c1-13-6-8-15(9-7-13)10-11-16-5-3-4-14(2)12-16/h3-5,12-13,15H,6-11H2,1-2H3. The third-order valence-electron chi connectivity index (χ3n) is 4.06. The summed E-state index contributed by atoms with van der Waals surface area (Å²) in [7, 11) is 0. The number of hydrogen-bond donors (Lipinski definition) is 0. The van der Waals surface area contributed by atoms with Crippen molar-refractivity contribution >= 4 is 0 Å². The summed E-state index contributed by atoms with van der Waals surface area (Å²) in [4.78, 5) is 0. The van der Waals surface area contributed by atoms with Gasteiger partial charge in [0.25, 0.3) is 0 Å². The van der Waals surface area contributed by atoms with Crippen LogP contribution in [0, 0.1) is 18.8 Å². The van der Waals surface area contributed by atoms with Crippen LogP contribution in [0.4, 0.5) is 0 Å². The Bertz CT molecular complexity index is 319. The highest BCUT2D eigenvalue weighted by molar-refractivity contribution is 5.22. The molecule has 1 fully saturated rings. The molecule has 0 spiro atoms. The van der Waals surface area contributed by atoms with Crippen LogP contribution in [0.15, 0.2) is 24.3 Å². The summed E-state index contributed by atoms with van der Waals surface area (Å²) in [6.07, 6.45) is 8.52. The predicted octanol–water partition coefficient (Wildman–Crippen LogP) is 4.75. The molecule has 1 aromatic rings. The molecule has 1 aliphatic rings. The average Bonchev–Trinajstić information content (AvgIpc) is 2.28. The lowest BCUT2D eigenvalue weighted by molar-refractivity contribution is 0.278. The maximum atomic E-state index is 2.40. The second-order valence-electron chi connectivity index (χ2n) is 5.65. The molecule has 0 bridgehead atoms. The van der Waals surface area contributed by atoms with Gasteiger partial charge in [0.2, 0.25) is 0 Å². The van der Waals surface area contributed by atoms with Crippen molar-refractivity contribution in [1.82, 2.24) is 0 Å². The lowest BCUT2D eigenvalue weighted by atomic mass is 9.80. The maximum absolute atomic E-state index is 2.40. The molecular formula is C16H24. The monoisotopic (exact) mass is 216 g/mol. The average molecular weight is 216 g/mol. The summed E-state index contributed by atoms with van der Waals surface area (Å²) >= 11 is 0. The van der Waals surface area contributed by atoms with Crippen molar-refractivity contribution in [3.63, 3.8) is 0 Å². The van der Waals surface area contributed by atoms with Gasteiger partial charge in [-0.05, 0) is 37.2 Å². The molecule has 0 heteroatoms. The molecule has 0 amide bonds. The van der Waals surface area contributed by atoms with E-state index in [1.165, 1.54) is 49.7 Å². The van der Waals surface area contributed by atoms with E-state index in [4.69, 9.17) is 0 Å². The zero-order valence-corrected chi connectivity index (χ0v) is 10.7. The summed E-state index contributed by atoms with van der Waals surface area (Å²) in [5.41, 5.74) is 2.92. The van der Waals surface area contributed by atoms with E-state index in [1.807, 2.05) is 0 Å². The van der Waals surface area contributed by atoms with Crippen LogP contribution in [0.3, 0.4) is 0 Å². The lowest BCUT2D eigenvalue weighted by Gasteiger charge is -2.26.